The topological polar surface area (TPSA) is 44.3 Å². The lowest BCUT2D eigenvalue weighted by molar-refractivity contribution is 0.193. The molecular formula is C12H12N2O. The first-order valence-electron chi connectivity index (χ1n) is 4.71. The van der Waals surface area contributed by atoms with E-state index < -0.39 is 0 Å². The highest BCUT2D eigenvalue weighted by Crippen LogP contribution is 2.20. The van der Waals surface area contributed by atoms with Gasteiger partial charge in [-0.15, -0.1) is 5.59 Å². The van der Waals surface area contributed by atoms with Gasteiger partial charge < -0.3 is 0 Å². The van der Waals surface area contributed by atoms with E-state index in [1.807, 2.05) is 48.1 Å². The lowest BCUT2D eigenvalue weighted by Crippen LogP contribution is -2.15. The molecule has 0 spiro atoms. The Balaban J connectivity index is 2.24. The number of rotatable bonds is 3. The Morgan fingerprint density at radius 2 is 1.33 bits per heavy atom. The zero-order chi connectivity index (χ0) is 10.5. The normalized spacial score (nSPS) is 9.93. The van der Waals surface area contributed by atoms with Gasteiger partial charge in [0.25, 0.3) is 0 Å². The van der Waals surface area contributed by atoms with Gasteiger partial charge in [0.15, 0.2) is 0 Å². The minimum Gasteiger partial charge on any atom is -0.299 e. The molecule has 2 rings (SSSR count). The Morgan fingerprint density at radius 1 is 0.733 bits per heavy atom. The average Bonchev–Trinajstić information content (AvgIpc) is 2.32. The van der Waals surface area contributed by atoms with Crippen LogP contribution in [0.15, 0.2) is 54.6 Å². The summed E-state index contributed by atoms with van der Waals surface area (Å²) in [7, 11) is 0. The molecule has 0 bridgehead atoms. The Hall–Kier alpha value is -1.84. The molecule has 0 fully saturated rings. The van der Waals surface area contributed by atoms with Crippen LogP contribution in [0.2, 0.25) is 0 Å². The fraction of sp³-hybridized carbons (Fsp3) is 0. The van der Waals surface area contributed by atoms with Crippen LogP contribution in [-0.2, 0) is 0 Å². The maximum Gasteiger partial charge on any atom is 0.0510 e. The summed E-state index contributed by atoms with van der Waals surface area (Å²) in [6.07, 6.45) is 0. The molecule has 0 saturated carbocycles. The van der Waals surface area contributed by atoms with Crippen molar-refractivity contribution in [1.29, 1.82) is 0 Å². The molecule has 0 unspecified atom stereocenters. The van der Waals surface area contributed by atoms with Crippen LogP contribution in [0, 0.1) is 0 Å². The van der Waals surface area contributed by atoms with Crippen molar-refractivity contribution in [2.24, 2.45) is 0 Å². The fourth-order valence-electron chi connectivity index (χ4n) is 1.44. The lowest BCUT2D eigenvalue weighted by Gasteiger charge is -2.05. The maximum absolute atomic E-state index is 8.44. The predicted octanol–water partition coefficient (Wildman–Crippen LogP) is 2.66. The summed E-state index contributed by atoms with van der Waals surface area (Å²) in [4.78, 5) is 0. The number of hydrogen-bond donors (Lipinski definition) is 3. The second-order valence-corrected chi connectivity index (χ2v) is 3.18. The smallest absolute Gasteiger partial charge is 0.0510 e. The Bertz CT molecular complexity index is 411. The van der Waals surface area contributed by atoms with Crippen molar-refractivity contribution in [3.05, 3.63) is 54.6 Å². The van der Waals surface area contributed by atoms with Crippen LogP contribution in [0.5, 0.6) is 0 Å². The second-order valence-electron chi connectivity index (χ2n) is 3.18. The van der Waals surface area contributed by atoms with E-state index in [1.165, 1.54) is 5.56 Å². The zero-order valence-corrected chi connectivity index (χ0v) is 8.14. The minimum absolute atomic E-state index is 0.817. The Labute approximate surface area is 88.3 Å². The van der Waals surface area contributed by atoms with E-state index in [2.05, 4.69) is 17.6 Å². The molecule has 0 aliphatic carbocycles. The molecule has 0 heterocycles. The molecule has 3 N–H and O–H groups in total. The van der Waals surface area contributed by atoms with Crippen molar-refractivity contribution in [3.8, 4) is 11.1 Å². The second kappa shape index (κ2) is 4.59. The first kappa shape index (κ1) is 9.71. The van der Waals surface area contributed by atoms with Crippen LogP contribution in [0.1, 0.15) is 0 Å². The third-order valence-electron chi connectivity index (χ3n) is 2.19. The minimum atomic E-state index is 0.817. The van der Waals surface area contributed by atoms with Crippen molar-refractivity contribution in [2.75, 3.05) is 5.43 Å². The average molecular weight is 200 g/mol. The van der Waals surface area contributed by atoms with E-state index in [9.17, 15) is 0 Å². The Morgan fingerprint density at radius 3 is 1.93 bits per heavy atom. The standard InChI is InChI=1S/C12H12N2O/c15-14-13-12-8-6-11(7-9-12)10-4-2-1-3-5-10/h1-9,13-15H. The summed E-state index contributed by atoms with van der Waals surface area (Å²) < 4.78 is 0. The van der Waals surface area contributed by atoms with Crippen LogP contribution in [-0.4, -0.2) is 5.21 Å². The van der Waals surface area contributed by atoms with Gasteiger partial charge in [-0.05, 0) is 23.3 Å². The zero-order valence-electron chi connectivity index (χ0n) is 8.14. The van der Waals surface area contributed by atoms with E-state index in [0.29, 0.717) is 0 Å². The van der Waals surface area contributed by atoms with Crippen LogP contribution in [0.25, 0.3) is 11.1 Å². The number of anilines is 1. The van der Waals surface area contributed by atoms with Crippen molar-refractivity contribution in [3.63, 3.8) is 0 Å². The molecule has 3 heteroatoms. The largest absolute Gasteiger partial charge is 0.299 e. The van der Waals surface area contributed by atoms with Crippen LogP contribution in [0.4, 0.5) is 5.69 Å². The number of hydrazine groups is 1. The third-order valence-corrected chi connectivity index (χ3v) is 2.19. The molecule has 0 amide bonds. The number of hydrogen-bond acceptors (Lipinski definition) is 3. The van der Waals surface area contributed by atoms with Gasteiger partial charge in [-0.25, -0.2) is 0 Å². The summed E-state index contributed by atoms with van der Waals surface area (Å²) in [5.74, 6) is 0. The first-order valence-corrected chi connectivity index (χ1v) is 4.71. The van der Waals surface area contributed by atoms with Crippen molar-refractivity contribution in [1.82, 2.24) is 5.59 Å². The van der Waals surface area contributed by atoms with Crippen molar-refractivity contribution >= 4 is 5.69 Å². The summed E-state index contributed by atoms with van der Waals surface area (Å²) in [6.45, 7) is 0. The molecule has 0 aromatic heterocycles. The van der Waals surface area contributed by atoms with Gasteiger partial charge in [-0.3, -0.25) is 10.6 Å². The summed E-state index contributed by atoms with van der Waals surface area (Å²) >= 11 is 0. The van der Waals surface area contributed by atoms with Gasteiger partial charge in [0.1, 0.15) is 0 Å². The molecule has 0 atom stereocenters. The van der Waals surface area contributed by atoms with Gasteiger partial charge in [0.05, 0.1) is 5.69 Å². The third kappa shape index (κ3) is 2.34. The first-order chi connectivity index (χ1) is 7.40. The van der Waals surface area contributed by atoms with Gasteiger partial charge >= 0.3 is 0 Å². The van der Waals surface area contributed by atoms with Crippen molar-refractivity contribution < 1.29 is 5.21 Å². The van der Waals surface area contributed by atoms with Crippen molar-refractivity contribution in [2.45, 2.75) is 0 Å². The molecule has 2 aromatic rings. The molecular weight excluding hydrogens is 188 g/mol. The summed E-state index contributed by atoms with van der Waals surface area (Å²) in [5.41, 5.74) is 7.64. The van der Waals surface area contributed by atoms with Gasteiger partial charge in [-0.1, -0.05) is 42.5 Å². The van der Waals surface area contributed by atoms with E-state index >= 15 is 0 Å². The fourth-order valence-corrected chi connectivity index (χ4v) is 1.44. The SMILES string of the molecule is ONNc1ccc(-c2ccccc2)cc1. The molecule has 0 saturated heterocycles. The molecule has 15 heavy (non-hydrogen) atoms. The van der Waals surface area contributed by atoms with Crippen LogP contribution in [0.3, 0.4) is 0 Å². The van der Waals surface area contributed by atoms with Gasteiger partial charge in [0.2, 0.25) is 0 Å². The number of benzene rings is 2. The molecule has 0 radical (unpaired) electrons. The lowest BCUT2D eigenvalue weighted by atomic mass is 10.1. The van der Waals surface area contributed by atoms with E-state index in [-0.39, 0.29) is 0 Å². The highest BCUT2D eigenvalue weighted by Gasteiger charge is 1.95. The molecule has 3 nitrogen and oxygen atoms in total. The van der Waals surface area contributed by atoms with E-state index in [4.69, 9.17) is 5.21 Å². The molecule has 0 aliphatic rings. The van der Waals surface area contributed by atoms with E-state index in [1.54, 1.807) is 0 Å². The monoisotopic (exact) mass is 200 g/mol. The quantitative estimate of drug-likeness (QED) is 0.667. The Kier molecular flexibility index (Phi) is 2.97. The summed E-state index contributed by atoms with van der Waals surface area (Å²) in [5, 5.41) is 8.44. The predicted molar refractivity (Wildman–Crippen MR) is 60.4 cm³/mol. The highest BCUT2D eigenvalue weighted by molar-refractivity contribution is 5.65. The van der Waals surface area contributed by atoms with Crippen LogP contribution >= 0.6 is 0 Å². The maximum atomic E-state index is 8.44. The highest BCUT2D eigenvalue weighted by atomic mass is 16.5. The van der Waals surface area contributed by atoms with Gasteiger partial charge in [-0.2, -0.15) is 0 Å². The van der Waals surface area contributed by atoms with Gasteiger partial charge in [0, 0.05) is 0 Å². The molecule has 2 aromatic carbocycles. The molecule has 76 valence electrons. The molecule has 0 aliphatic heterocycles. The van der Waals surface area contributed by atoms with Crippen LogP contribution < -0.4 is 11.0 Å². The summed E-state index contributed by atoms with van der Waals surface area (Å²) in [6, 6.07) is 17.9. The van der Waals surface area contributed by atoms with E-state index in [0.717, 1.165) is 11.3 Å². The number of nitrogens with one attached hydrogen (secondary N) is 2.